The molecule has 0 bridgehead atoms. The molecule has 9 heteroatoms. The predicted octanol–water partition coefficient (Wildman–Crippen LogP) is 4.15. The van der Waals surface area contributed by atoms with Gasteiger partial charge in [-0.3, -0.25) is 4.90 Å². The lowest BCUT2D eigenvalue weighted by Gasteiger charge is -2.53. The maximum atomic E-state index is 14.6. The molecule has 1 atom stereocenters. The van der Waals surface area contributed by atoms with Crippen LogP contribution in [-0.4, -0.2) is 64.8 Å². The zero-order valence-electron chi connectivity index (χ0n) is 20.6. The Hall–Kier alpha value is -2.96. The Morgan fingerprint density at radius 2 is 1.82 bits per heavy atom. The van der Waals surface area contributed by atoms with Crippen molar-refractivity contribution >= 4 is 23.1 Å². The van der Waals surface area contributed by atoms with Gasteiger partial charge in [-0.15, -0.1) is 0 Å². The first-order valence-corrected chi connectivity index (χ1v) is 11.7. The molecule has 1 unspecified atom stereocenters. The molecule has 0 saturated carbocycles. The number of likely N-dealkylation sites (tertiary alicyclic amines) is 1. The molecule has 0 spiro atoms. The smallest absolute Gasteiger partial charge is 0.229 e. The van der Waals surface area contributed by atoms with Crippen molar-refractivity contribution in [2.75, 3.05) is 42.3 Å². The summed E-state index contributed by atoms with van der Waals surface area (Å²) in [4.78, 5) is 13.0. The Kier molecular flexibility index (Phi) is 6.65. The molecule has 182 valence electrons. The molecule has 2 aromatic rings. The molecule has 2 aliphatic heterocycles. The van der Waals surface area contributed by atoms with Gasteiger partial charge in [-0.2, -0.15) is 10.2 Å². The van der Waals surface area contributed by atoms with Gasteiger partial charge in [-0.25, -0.2) is 9.37 Å². The molecule has 2 fully saturated rings. The lowest BCUT2D eigenvalue weighted by atomic mass is 9.77. The van der Waals surface area contributed by atoms with Gasteiger partial charge >= 0.3 is 0 Å². The summed E-state index contributed by atoms with van der Waals surface area (Å²) in [5.74, 6) is 0.0649. The minimum atomic E-state index is -0.467. The third kappa shape index (κ3) is 5.08. The largest absolute Gasteiger partial charge is 0.376 e. The first-order chi connectivity index (χ1) is 16.1. The van der Waals surface area contributed by atoms with Crippen LogP contribution in [0.4, 0.5) is 27.5 Å². The van der Waals surface area contributed by atoms with E-state index in [-0.39, 0.29) is 29.0 Å². The molecule has 2 aliphatic rings. The van der Waals surface area contributed by atoms with Crippen LogP contribution in [0.15, 0.2) is 30.5 Å². The molecule has 2 N–H and O–H groups in total. The summed E-state index contributed by atoms with van der Waals surface area (Å²) in [5.41, 5.74) is 1.70. The van der Waals surface area contributed by atoms with Crippen molar-refractivity contribution in [2.24, 2.45) is 0 Å². The van der Waals surface area contributed by atoms with E-state index in [1.807, 2.05) is 29.2 Å². The SMILES string of the molecule is CN1C(C)(C)CC(Nc2nc(Nc3ccc(N4CCOCC4C#N)cc3)ncc2F)CC1(C)C. The highest BCUT2D eigenvalue weighted by Crippen LogP contribution is 2.38. The highest BCUT2D eigenvalue weighted by molar-refractivity contribution is 5.61. The third-order valence-corrected chi connectivity index (χ3v) is 7.13. The zero-order chi connectivity index (χ0) is 24.5. The molecular formula is C25H34FN7O. The van der Waals surface area contributed by atoms with E-state index in [1.165, 1.54) is 6.20 Å². The number of aromatic nitrogens is 2. The second-order valence-electron chi connectivity index (χ2n) is 10.4. The first-order valence-electron chi connectivity index (χ1n) is 11.7. The molecule has 0 radical (unpaired) electrons. The van der Waals surface area contributed by atoms with Gasteiger partial charge in [-0.1, -0.05) is 0 Å². The number of benzene rings is 1. The van der Waals surface area contributed by atoms with Crippen LogP contribution in [0, 0.1) is 17.1 Å². The second-order valence-corrected chi connectivity index (χ2v) is 10.4. The van der Waals surface area contributed by atoms with E-state index in [9.17, 15) is 9.65 Å². The fourth-order valence-electron chi connectivity index (χ4n) is 5.08. The first kappa shape index (κ1) is 24.2. The minimum Gasteiger partial charge on any atom is -0.376 e. The maximum absolute atomic E-state index is 14.6. The monoisotopic (exact) mass is 467 g/mol. The molecular weight excluding hydrogens is 433 g/mol. The topological polar surface area (TPSA) is 89.3 Å². The highest BCUT2D eigenvalue weighted by Gasteiger charge is 2.43. The van der Waals surface area contributed by atoms with Gasteiger partial charge in [0.05, 0.1) is 25.5 Å². The van der Waals surface area contributed by atoms with Crippen LogP contribution in [0.1, 0.15) is 40.5 Å². The van der Waals surface area contributed by atoms with Crippen molar-refractivity contribution in [1.82, 2.24) is 14.9 Å². The summed E-state index contributed by atoms with van der Waals surface area (Å²) in [7, 11) is 2.15. The summed E-state index contributed by atoms with van der Waals surface area (Å²) in [6.45, 7) is 10.5. The summed E-state index contributed by atoms with van der Waals surface area (Å²) in [6.07, 6.45) is 2.96. The van der Waals surface area contributed by atoms with E-state index < -0.39 is 5.82 Å². The average Bonchev–Trinajstić information content (AvgIpc) is 2.80. The zero-order valence-corrected chi connectivity index (χ0v) is 20.6. The Morgan fingerprint density at radius 3 is 2.47 bits per heavy atom. The van der Waals surface area contributed by atoms with Gasteiger partial charge in [-0.05, 0) is 71.8 Å². The van der Waals surface area contributed by atoms with Gasteiger partial charge in [0, 0.05) is 35.0 Å². The Balaban J connectivity index is 1.46. The van der Waals surface area contributed by atoms with Crippen molar-refractivity contribution in [3.63, 3.8) is 0 Å². The third-order valence-electron chi connectivity index (χ3n) is 7.13. The summed E-state index contributed by atoms with van der Waals surface area (Å²) in [6, 6.07) is 9.79. The Morgan fingerprint density at radius 1 is 1.15 bits per heavy atom. The van der Waals surface area contributed by atoms with Crippen molar-refractivity contribution in [1.29, 1.82) is 5.26 Å². The van der Waals surface area contributed by atoms with Crippen molar-refractivity contribution < 1.29 is 9.13 Å². The van der Waals surface area contributed by atoms with Crippen molar-refractivity contribution in [3.8, 4) is 6.07 Å². The number of nitriles is 1. The van der Waals surface area contributed by atoms with Gasteiger partial charge in [0.2, 0.25) is 5.95 Å². The lowest BCUT2D eigenvalue weighted by Crippen LogP contribution is -2.61. The minimum absolute atomic E-state index is 0.0171. The molecule has 3 heterocycles. The molecule has 1 aromatic carbocycles. The van der Waals surface area contributed by atoms with Crippen LogP contribution in [0.25, 0.3) is 0 Å². The summed E-state index contributed by atoms with van der Waals surface area (Å²) in [5, 5.41) is 15.9. The Labute approximate surface area is 201 Å². The number of halogens is 1. The quantitative estimate of drug-likeness (QED) is 0.678. The van der Waals surface area contributed by atoms with Crippen molar-refractivity contribution in [2.45, 2.75) is 63.7 Å². The number of piperidine rings is 1. The standard InChI is InChI=1S/C25H34FN7O/c1-24(2)12-18(13-25(3,4)32(24)5)29-22-21(26)15-28-23(31-22)30-17-6-8-19(9-7-17)33-10-11-34-16-20(33)14-27/h6-9,15,18,20H,10-13,16H2,1-5H3,(H2,28,29,30,31). The molecule has 0 aliphatic carbocycles. The van der Waals surface area contributed by atoms with Crippen LogP contribution < -0.4 is 15.5 Å². The maximum Gasteiger partial charge on any atom is 0.229 e. The molecule has 34 heavy (non-hydrogen) atoms. The molecule has 1 aromatic heterocycles. The van der Waals surface area contributed by atoms with Crippen LogP contribution in [0.5, 0.6) is 0 Å². The number of nitrogens with one attached hydrogen (secondary N) is 2. The molecule has 0 amide bonds. The fourth-order valence-corrected chi connectivity index (χ4v) is 5.08. The van der Waals surface area contributed by atoms with Crippen LogP contribution in [0.2, 0.25) is 0 Å². The Bertz CT molecular complexity index is 1030. The highest BCUT2D eigenvalue weighted by atomic mass is 19.1. The number of rotatable bonds is 5. The van der Waals surface area contributed by atoms with Crippen LogP contribution in [-0.2, 0) is 4.74 Å². The average molecular weight is 468 g/mol. The van der Waals surface area contributed by atoms with Gasteiger partial charge in [0.1, 0.15) is 6.04 Å². The fraction of sp³-hybridized carbons (Fsp3) is 0.560. The van der Waals surface area contributed by atoms with Crippen LogP contribution in [0.3, 0.4) is 0 Å². The van der Waals surface area contributed by atoms with Gasteiger partial charge in [0.25, 0.3) is 0 Å². The van der Waals surface area contributed by atoms with Gasteiger partial charge in [0.15, 0.2) is 11.6 Å². The number of hydrogen-bond donors (Lipinski definition) is 2. The molecule has 4 rings (SSSR count). The van der Waals surface area contributed by atoms with E-state index in [4.69, 9.17) is 4.74 Å². The molecule has 2 saturated heterocycles. The van der Waals surface area contributed by atoms with Gasteiger partial charge < -0.3 is 20.3 Å². The van der Waals surface area contributed by atoms with Crippen molar-refractivity contribution in [3.05, 3.63) is 36.3 Å². The van der Waals surface area contributed by atoms with E-state index in [1.54, 1.807) is 0 Å². The number of nitrogens with zero attached hydrogens (tertiary/aromatic N) is 5. The van der Waals surface area contributed by atoms with Crippen LogP contribution >= 0.6 is 0 Å². The number of anilines is 4. The van der Waals surface area contributed by atoms with E-state index in [0.29, 0.717) is 25.7 Å². The number of morpholine rings is 1. The van der Waals surface area contributed by atoms with E-state index in [0.717, 1.165) is 24.2 Å². The second kappa shape index (κ2) is 9.35. The normalized spacial score (nSPS) is 22.7. The number of ether oxygens (including phenoxy) is 1. The summed E-state index contributed by atoms with van der Waals surface area (Å²) < 4.78 is 20.0. The van der Waals surface area contributed by atoms with E-state index in [2.05, 4.69) is 66.3 Å². The number of hydrogen-bond acceptors (Lipinski definition) is 8. The summed E-state index contributed by atoms with van der Waals surface area (Å²) >= 11 is 0. The predicted molar refractivity (Wildman–Crippen MR) is 132 cm³/mol. The lowest BCUT2D eigenvalue weighted by molar-refractivity contribution is -0.00778. The molecule has 8 nitrogen and oxygen atoms in total. The van der Waals surface area contributed by atoms with E-state index >= 15 is 0 Å².